The highest BCUT2D eigenvalue weighted by molar-refractivity contribution is 5.27. The average molecular weight is 267 g/mol. The predicted octanol–water partition coefficient (Wildman–Crippen LogP) is 3.71. The summed E-state index contributed by atoms with van der Waals surface area (Å²) in [4.78, 5) is 0. The van der Waals surface area contributed by atoms with Gasteiger partial charge in [0.2, 0.25) is 0 Å². The van der Waals surface area contributed by atoms with Crippen molar-refractivity contribution in [2.45, 2.75) is 26.1 Å². The Kier molecular flexibility index (Phi) is 3.86. The average Bonchev–Trinajstić information content (AvgIpc) is 2.48. The van der Waals surface area contributed by atoms with Gasteiger partial charge in [-0.3, -0.25) is 0 Å². The van der Waals surface area contributed by atoms with Gasteiger partial charge in [0.15, 0.2) is 0 Å². The molecule has 2 aromatic carbocycles. The first-order valence-electron chi connectivity index (χ1n) is 7.22. The number of nitrogens with one attached hydrogen (secondary N) is 1. The summed E-state index contributed by atoms with van der Waals surface area (Å²) in [5.41, 5.74) is 5.08. The molecule has 2 unspecified atom stereocenters. The number of rotatable bonds is 2. The van der Waals surface area contributed by atoms with E-state index in [1.165, 1.54) is 22.3 Å². The molecule has 1 aliphatic rings. The van der Waals surface area contributed by atoms with E-state index in [9.17, 15) is 0 Å². The predicted molar refractivity (Wildman–Crippen MR) is 81.8 cm³/mol. The standard InChI is InChI=1S/C18H21NO/c1-13-6-8-15(9-7-13)17-11-19-12-18(20-17)16-5-3-4-14(2)10-16/h3-10,17-19H,11-12H2,1-2H3. The molecule has 1 heterocycles. The van der Waals surface area contributed by atoms with Crippen molar-refractivity contribution < 1.29 is 4.74 Å². The molecule has 0 aromatic heterocycles. The van der Waals surface area contributed by atoms with Crippen LogP contribution in [0.3, 0.4) is 0 Å². The van der Waals surface area contributed by atoms with Crippen molar-refractivity contribution in [1.82, 2.24) is 5.32 Å². The molecular formula is C18H21NO. The van der Waals surface area contributed by atoms with Crippen molar-refractivity contribution in [2.24, 2.45) is 0 Å². The van der Waals surface area contributed by atoms with Crippen LogP contribution in [-0.4, -0.2) is 13.1 Å². The minimum absolute atomic E-state index is 0.134. The Hall–Kier alpha value is -1.64. The maximum atomic E-state index is 6.29. The van der Waals surface area contributed by atoms with Crippen LogP contribution in [0.4, 0.5) is 0 Å². The Morgan fingerprint density at radius 1 is 0.850 bits per heavy atom. The number of benzene rings is 2. The second-order valence-corrected chi connectivity index (χ2v) is 5.60. The van der Waals surface area contributed by atoms with E-state index in [-0.39, 0.29) is 12.2 Å². The molecule has 0 saturated carbocycles. The number of hydrogen-bond donors (Lipinski definition) is 1. The molecule has 0 radical (unpaired) electrons. The molecule has 0 bridgehead atoms. The molecule has 1 N–H and O–H groups in total. The zero-order valence-electron chi connectivity index (χ0n) is 12.1. The Morgan fingerprint density at radius 3 is 2.25 bits per heavy atom. The number of hydrogen-bond acceptors (Lipinski definition) is 2. The molecule has 3 rings (SSSR count). The highest BCUT2D eigenvalue weighted by Crippen LogP contribution is 2.29. The zero-order valence-corrected chi connectivity index (χ0v) is 12.1. The van der Waals surface area contributed by atoms with Crippen molar-refractivity contribution in [3.8, 4) is 0 Å². The van der Waals surface area contributed by atoms with Crippen molar-refractivity contribution in [2.75, 3.05) is 13.1 Å². The van der Waals surface area contributed by atoms with Crippen LogP contribution in [0, 0.1) is 13.8 Å². The van der Waals surface area contributed by atoms with Crippen LogP contribution < -0.4 is 5.32 Å². The van der Waals surface area contributed by atoms with Crippen molar-refractivity contribution in [3.63, 3.8) is 0 Å². The van der Waals surface area contributed by atoms with Crippen molar-refractivity contribution in [3.05, 3.63) is 70.8 Å². The van der Waals surface area contributed by atoms with Gasteiger partial charge in [0, 0.05) is 13.1 Å². The zero-order chi connectivity index (χ0) is 13.9. The Labute approximate surface area is 120 Å². The van der Waals surface area contributed by atoms with E-state index in [4.69, 9.17) is 4.74 Å². The van der Waals surface area contributed by atoms with Gasteiger partial charge in [0.05, 0.1) is 12.2 Å². The van der Waals surface area contributed by atoms with Crippen LogP contribution in [0.2, 0.25) is 0 Å². The van der Waals surface area contributed by atoms with Crippen molar-refractivity contribution >= 4 is 0 Å². The first-order valence-corrected chi connectivity index (χ1v) is 7.22. The molecule has 1 aliphatic heterocycles. The molecule has 0 aliphatic carbocycles. The molecule has 2 heteroatoms. The van der Waals surface area contributed by atoms with E-state index >= 15 is 0 Å². The summed E-state index contributed by atoms with van der Waals surface area (Å²) < 4.78 is 6.29. The van der Waals surface area contributed by atoms with Gasteiger partial charge in [-0.05, 0) is 25.0 Å². The van der Waals surface area contributed by atoms with Crippen LogP contribution in [0.25, 0.3) is 0 Å². The fraction of sp³-hybridized carbons (Fsp3) is 0.333. The van der Waals surface area contributed by atoms with Gasteiger partial charge in [-0.15, -0.1) is 0 Å². The molecule has 1 fully saturated rings. The van der Waals surface area contributed by atoms with Gasteiger partial charge in [-0.25, -0.2) is 0 Å². The lowest BCUT2D eigenvalue weighted by Gasteiger charge is -2.31. The molecule has 0 spiro atoms. The summed E-state index contributed by atoms with van der Waals surface area (Å²) in [6.45, 7) is 5.99. The van der Waals surface area contributed by atoms with E-state index in [2.05, 4.69) is 67.7 Å². The lowest BCUT2D eigenvalue weighted by molar-refractivity contribution is -0.0406. The van der Waals surface area contributed by atoms with E-state index in [0.29, 0.717) is 0 Å². The van der Waals surface area contributed by atoms with Crippen molar-refractivity contribution in [1.29, 1.82) is 0 Å². The van der Waals surface area contributed by atoms with Gasteiger partial charge >= 0.3 is 0 Å². The molecule has 20 heavy (non-hydrogen) atoms. The third-order valence-electron chi connectivity index (χ3n) is 3.85. The van der Waals surface area contributed by atoms with E-state index in [1.54, 1.807) is 0 Å². The van der Waals surface area contributed by atoms with Gasteiger partial charge < -0.3 is 10.1 Å². The molecule has 2 nitrogen and oxygen atoms in total. The van der Waals surface area contributed by atoms with Gasteiger partial charge in [-0.1, -0.05) is 59.7 Å². The highest BCUT2D eigenvalue weighted by Gasteiger charge is 2.24. The van der Waals surface area contributed by atoms with Crippen LogP contribution >= 0.6 is 0 Å². The number of aryl methyl sites for hydroxylation is 2. The minimum atomic E-state index is 0.134. The fourth-order valence-electron chi connectivity index (χ4n) is 2.68. The summed E-state index contributed by atoms with van der Waals surface area (Å²) in [6.07, 6.45) is 0.268. The van der Waals surface area contributed by atoms with Crippen LogP contribution in [-0.2, 0) is 4.74 Å². The quantitative estimate of drug-likeness (QED) is 0.895. The topological polar surface area (TPSA) is 21.3 Å². The third kappa shape index (κ3) is 2.92. The summed E-state index contributed by atoms with van der Waals surface area (Å²) >= 11 is 0. The largest absolute Gasteiger partial charge is 0.363 e. The van der Waals surface area contributed by atoms with Gasteiger partial charge in [0.1, 0.15) is 0 Å². The Morgan fingerprint density at radius 2 is 1.55 bits per heavy atom. The normalized spacial score (nSPS) is 22.7. The monoisotopic (exact) mass is 267 g/mol. The summed E-state index contributed by atoms with van der Waals surface area (Å²) in [5.74, 6) is 0. The second kappa shape index (κ2) is 5.78. The highest BCUT2D eigenvalue weighted by atomic mass is 16.5. The summed E-state index contributed by atoms with van der Waals surface area (Å²) in [6, 6.07) is 17.2. The fourth-order valence-corrected chi connectivity index (χ4v) is 2.68. The van der Waals surface area contributed by atoms with E-state index in [1.807, 2.05) is 0 Å². The van der Waals surface area contributed by atoms with Gasteiger partial charge in [-0.2, -0.15) is 0 Å². The lowest BCUT2D eigenvalue weighted by atomic mass is 10.0. The second-order valence-electron chi connectivity index (χ2n) is 5.60. The van der Waals surface area contributed by atoms with Gasteiger partial charge in [0.25, 0.3) is 0 Å². The number of morpholine rings is 1. The third-order valence-corrected chi connectivity index (χ3v) is 3.85. The Balaban J connectivity index is 1.78. The van der Waals surface area contributed by atoms with Crippen LogP contribution in [0.15, 0.2) is 48.5 Å². The summed E-state index contributed by atoms with van der Waals surface area (Å²) in [5, 5.41) is 3.49. The van der Waals surface area contributed by atoms with E-state index in [0.717, 1.165) is 13.1 Å². The minimum Gasteiger partial charge on any atom is -0.363 e. The molecule has 2 aromatic rings. The maximum absolute atomic E-state index is 6.29. The van der Waals surface area contributed by atoms with E-state index < -0.39 is 0 Å². The lowest BCUT2D eigenvalue weighted by Crippen LogP contribution is -2.35. The molecular weight excluding hydrogens is 246 g/mol. The maximum Gasteiger partial charge on any atom is 0.0958 e. The number of ether oxygens (including phenoxy) is 1. The van der Waals surface area contributed by atoms with Crippen LogP contribution in [0.1, 0.15) is 34.5 Å². The first kappa shape index (κ1) is 13.3. The SMILES string of the molecule is Cc1ccc(C2CNCC(c3cccc(C)c3)O2)cc1. The molecule has 1 saturated heterocycles. The molecule has 2 atom stereocenters. The molecule has 104 valence electrons. The molecule has 0 amide bonds. The summed E-state index contributed by atoms with van der Waals surface area (Å²) in [7, 11) is 0. The van der Waals surface area contributed by atoms with Crippen LogP contribution in [0.5, 0.6) is 0 Å². The Bertz CT molecular complexity index is 576. The smallest absolute Gasteiger partial charge is 0.0958 e. The first-order chi connectivity index (χ1) is 9.72.